The summed E-state index contributed by atoms with van der Waals surface area (Å²) in [6, 6.07) is 6.10. The molecule has 2 unspecified atom stereocenters. The average molecular weight is 257 g/mol. The lowest BCUT2D eigenvalue weighted by Crippen LogP contribution is -2.33. The second kappa shape index (κ2) is 6.97. The number of hydrogen-bond donors (Lipinski definition) is 2. The van der Waals surface area contributed by atoms with Crippen LogP contribution in [0, 0.1) is 12.8 Å². The van der Waals surface area contributed by atoms with E-state index in [0.29, 0.717) is 5.92 Å². The van der Waals surface area contributed by atoms with E-state index in [0.717, 1.165) is 29.2 Å². The number of nitrogens with one attached hydrogen (secondary N) is 1. The highest BCUT2D eigenvalue weighted by molar-refractivity contribution is 6.31. The molecule has 0 heterocycles. The van der Waals surface area contributed by atoms with E-state index in [9.17, 15) is 0 Å². The molecule has 0 spiro atoms. The van der Waals surface area contributed by atoms with E-state index < -0.39 is 0 Å². The molecule has 17 heavy (non-hydrogen) atoms. The molecule has 3 N–H and O–H groups in total. The number of hydrogen-bond acceptors (Lipinski definition) is 3. The first-order chi connectivity index (χ1) is 8.10. The van der Waals surface area contributed by atoms with Crippen molar-refractivity contribution in [2.45, 2.75) is 26.3 Å². The minimum absolute atomic E-state index is 0.0539. The van der Waals surface area contributed by atoms with E-state index in [1.807, 2.05) is 19.1 Å². The Hall–Kier alpha value is -0.610. The molecule has 0 bridgehead atoms. The van der Waals surface area contributed by atoms with E-state index in [1.165, 1.54) is 0 Å². The molecule has 0 aliphatic carbocycles. The van der Waals surface area contributed by atoms with Crippen LogP contribution in [-0.2, 0) is 4.74 Å². The topological polar surface area (TPSA) is 47.3 Å². The van der Waals surface area contributed by atoms with Crippen LogP contribution in [-0.4, -0.2) is 13.7 Å². The van der Waals surface area contributed by atoms with Gasteiger partial charge >= 0.3 is 0 Å². The second-order valence-corrected chi connectivity index (χ2v) is 4.84. The number of nitrogens with two attached hydrogens (primary N) is 1. The smallest absolute Gasteiger partial charge is 0.0501 e. The predicted octanol–water partition coefficient (Wildman–Crippen LogP) is 2.83. The molecule has 1 rings (SSSR count). The molecule has 0 saturated heterocycles. The summed E-state index contributed by atoms with van der Waals surface area (Å²) >= 11 is 6.25. The van der Waals surface area contributed by atoms with Crippen LogP contribution in [0.1, 0.15) is 30.5 Å². The van der Waals surface area contributed by atoms with Gasteiger partial charge in [-0.1, -0.05) is 30.7 Å². The fraction of sp³-hybridized carbons (Fsp3) is 0.538. The number of ether oxygens (including phenoxy) is 1. The summed E-state index contributed by atoms with van der Waals surface area (Å²) in [6.07, 6.45) is 0.940. The van der Waals surface area contributed by atoms with Crippen LogP contribution in [0.15, 0.2) is 18.2 Å². The van der Waals surface area contributed by atoms with Crippen LogP contribution in [0.5, 0.6) is 0 Å². The third kappa shape index (κ3) is 3.96. The molecule has 0 radical (unpaired) electrons. The standard InChI is InChI=1S/C13H21ClN2O/c1-9-4-5-11(12(14)8-9)13(16-15)10(2)6-7-17-3/h4-5,8,10,13,16H,6-7,15H2,1-3H3. The van der Waals surface area contributed by atoms with E-state index in [2.05, 4.69) is 18.4 Å². The zero-order valence-electron chi connectivity index (χ0n) is 10.7. The molecule has 1 aromatic carbocycles. The highest BCUT2D eigenvalue weighted by Crippen LogP contribution is 2.30. The van der Waals surface area contributed by atoms with E-state index >= 15 is 0 Å². The summed E-state index contributed by atoms with van der Waals surface area (Å²) in [5.41, 5.74) is 5.04. The summed E-state index contributed by atoms with van der Waals surface area (Å²) in [4.78, 5) is 0. The fourth-order valence-corrected chi connectivity index (χ4v) is 2.27. The van der Waals surface area contributed by atoms with Gasteiger partial charge in [0.05, 0.1) is 6.04 Å². The maximum atomic E-state index is 6.25. The van der Waals surface area contributed by atoms with Crippen LogP contribution in [0.4, 0.5) is 0 Å². The fourth-order valence-electron chi connectivity index (χ4n) is 1.92. The zero-order chi connectivity index (χ0) is 12.8. The van der Waals surface area contributed by atoms with Gasteiger partial charge in [-0.2, -0.15) is 0 Å². The Morgan fingerprint density at radius 3 is 2.71 bits per heavy atom. The number of benzene rings is 1. The van der Waals surface area contributed by atoms with Gasteiger partial charge in [0, 0.05) is 18.7 Å². The maximum absolute atomic E-state index is 6.25. The van der Waals surface area contributed by atoms with Gasteiger partial charge in [0.1, 0.15) is 0 Å². The minimum Gasteiger partial charge on any atom is -0.385 e. The van der Waals surface area contributed by atoms with Gasteiger partial charge < -0.3 is 4.74 Å². The predicted molar refractivity (Wildman–Crippen MR) is 71.9 cm³/mol. The van der Waals surface area contributed by atoms with Gasteiger partial charge in [-0.15, -0.1) is 0 Å². The van der Waals surface area contributed by atoms with Crippen molar-refractivity contribution in [1.29, 1.82) is 0 Å². The summed E-state index contributed by atoms with van der Waals surface area (Å²) in [5.74, 6) is 6.00. The number of halogens is 1. The van der Waals surface area contributed by atoms with Gasteiger partial charge in [0.25, 0.3) is 0 Å². The SMILES string of the molecule is COCCC(C)C(NN)c1ccc(C)cc1Cl. The molecule has 1 aromatic rings. The Morgan fingerprint density at radius 2 is 2.18 bits per heavy atom. The largest absolute Gasteiger partial charge is 0.385 e. The van der Waals surface area contributed by atoms with Gasteiger partial charge in [-0.05, 0) is 36.5 Å². The van der Waals surface area contributed by atoms with Gasteiger partial charge in [0.2, 0.25) is 0 Å². The molecule has 0 aliphatic rings. The lowest BCUT2D eigenvalue weighted by Gasteiger charge is -2.24. The Morgan fingerprint density at radius 1 is 1.47 bits per heavy atom. The highest BCUT2D eigenvalue weighted by atomic mass is 35.5. The number of hydrazine groups is 1. The van der Waals surface area contributed by atoms with Gasteiger partial charge in [-0.3, -0.25) is 11.3 Å². The first kappa shape index (κ1) is 14.5. The van der Waals surface area contributed by atoms with Crippen molar-refractivity contribution in [3.8, 4) is 0 Å². The van der Waals surface area contributed by atoms with E-state index in [4.69, 9.17) is 22.2 Å². The quantitative estimate of drug-likeness (QED) is 0.608. The van der Waals surface area contributed by atoms with Crippen molar-refractivity contribution in [3.05, 3.63) is 34.3 Å². The molecule has 0 aromatic heterocycles. The zero-order valence-corrected chi connectivity index (χ0v) is 11.4. The normalized spacial score (nSPS) is 14.6. The molecule has 4 heteroatoms. The van der Waals surface area contributed by atoms with Crippen molar-refractivity contribution in [3.63, 3.8) is 0 Å². The van der Waals surface area contributed by atoms with Crippen LogP contribution < -0.4 is 11.3 Å². The van der Waals surface area contributed by atoms with Crippen molar-refractivity contribution < 1.29 is 4.74 Å². The first-order valence-electron chi connectivity index (χ1n) is 5.81. The van der Waals surface area contributed by atoms with E-state index in [-0.39, 0.29) is 6.04 Å². The van der Waals surface area contributed by atoms with Crippen LogP contribution in [0.2, 0.25) is 5.02 Å². The van der Waals surface area contributed by atoms with Gasteiger partial charge in [0.15, 0.2) is 0 Å². The molecule has 3 nitrogen and oxygen atoms in total. The van der Waals surface area contributed by atoms with Crippen molar-refractivity contribution in [2.24, 2.45) is 11.8 Å². The van der Waals surface area contributed by atoms with Crippen molar-refractivity contribution in [2.75, 3.05) is 13.7 Å². The molecule has 0 amide bonds. The first-order valence-corrected chi connectivity index (χ1v) is 6.19. The second-order valence-electron chi connectivity index (χ2n) is 4.43. The Balaban J connectivity index is 2.85. The molecule has 96 valence electrons. The Labute approximate surface area is 108 Å². The lowest BCUT2D eigenvalue weighted by molar-refractivity contribution is 0.170. The molecule has 0 saturated carbocycles. The van der Waals surface area contributed by atoms with Crippen LogP contribution in [0.25, 0.3) is 0 Å². The summed E-state index contributed by atoms with van der Waals surface area (Å²) < 4.78 is 5.09. The maximum Gasteiger partial charge on any atom is 0.0501 e. The summed E-state index contributed by atoms with van der Waals surface area (Å²) in [6.45, 7) is 4.89. The molecule has 2 atom stereocenters. The third-order valence-electron chi connectivity index (χ3n) is 3.02. The lowest BCUT2D eigenvalue weighted by atomic mass is 9.92. The van der Waals surface area contributed by atoms with Crippen molar-refractivity contribution in [1.82, 2.24) is 5.43 Å². The highest BCUT2D eigenvalue weighted by Gasteiger charge is 2.20. The monoisotopic (exact) mass is 256 g/mol. The Kier molecular flexibility index (Phi) is 5.92. The summed E-state index contributed by atoms with van der Waals surface area (Å²) in [7, 11) is 1.70. The average Bonchev–Trinajstić information content (AvgIpc) is 2.30. The molecular weight excluding hydrogens is 236 g/mol. The van der Waals surface area contributed by atoms with Crippen molar-refractivity contribution >= 4 is 11.6 Å². The minimum atomic E-state index is 0.0539. The molecular formula is C13H21ClN2O. The molecule has 0 aliphatic heterocycles. The van der Waals surface area contributed by atoms with Crippen LogP contribution in [0.3, 0.4) is 0 Å². The molecule has 0 fully saturated rings. The van der Waals surface area contributed by atoms with Crippen LogP contribution >= 0.6 is 11.6 Å². The van der Waals surface area contributed by atoms with Gasteiger partial charge in [-0.25, -0.2) is 0 Å². The Bertz CT molecular complexity index is 357. The summed E-state index contributed by atoms with van der Waals surface area (Å²) in [5, 5.41) is 0.761. The third-order valence-corrected chi connectivity index (χ3v) is 3.34. The number of rotatable bonds is 6. The number of aryl methyl sites for hydroxylation is 1. The van der Waals surface area contributed by atoms with E-state index in [1.54, 1.807) is 7.11 Å². The number of methoxy groups -OCH3 is 1.